The molecule has 0 radical (unpaired) electrons. The third-order valence-electron chi connectivity index (χ3n) is 3.24. The second-order valence-electron chi connectivity index (χ2n) is 4.36. The first kappa shape index (κ1) is 13.2. The first-order valence-corrected chi connectivity index (χ1v) is 6.00. The van der Waals surface area contributed by atoms with Crippen LogP contribution >= 0.6 is 0 Å². The number of benzene rings is 1. The molecule has 0 aliphatic rings. The highest BCUT2D eigenvalue weighted by atomic mass is 16.7. The second-order valence-corrected chi connectivity index (χ2v) is 4.36. The maximum absolute atomic E-state index is 11.2. The van der Waals surface area contributed by atoms with E-state index in [0.717, 1.165) is 16.6 Å². The number of methoxy groups -OCH3 is 1. The Balaban J connectivity index is 2.49. The fourth-order valence-corrected chi connectivity index (χ4v) is 2.18. The van der Waals surface area contributed by atoms with Crippen molar-refractivity contribution >= 4 is 17.1 Å². The third kappa shape index (κ3) is 2.34. The highest BCUT2D eigenvalue weighted by molar-refractivity contribution is 5.84. The van der Waals surface area contributed by atoms with Crippen molar-refractivity contribution in [1.29, 1.82) is 0 Å². The van der Waals surface area contributed by atoms with Gasteiger partial charge in [0, 0.05) is 18.0 Å². The summed E-state index contributed by atoms with van der Waals surface area (Å²) in [7, 11) is 3.22. The topological polar surface area (TPSA) is 40.5 Å². The number of fused-ring (bicyclic) bond motifs is 1. The average Bonchev–Trinajstić information content (AvgIpc) is 2.75. The molecule has 0 spiro atoms. The maximum atomic E-state index is 11.2. The molecule has 1 unspecified atom stereocenters. The number of rotatable bonds is 3. The molecular weight excluding hydrogens is 242 g/mol. The number of aromatic nitrogens is 1. The van der Waals surface area contributed by atoms with Gasteiger partial charge in [0.25, 0.3) is 0 Å². The van der Waals surface area contributed by atoms with Gasteiger partial charge in [0.05, 0.1) is 12.8 Å². The average molecular weight is 259 g/mol. The van der Waals surface area contributed by atoms with Gasteiger partial charge < -0.3 is 14.0 Å². The Bertz CT molecular complexity index is 628. The summed E-state index contributed by atoms with van der Waals surface area (Å²) in [5.41, 5.74) is 3.14. The first-order chi connectivity index (χ1) is 9.08. The van der Waals surface area contributed by atoms with Crippen LogP contribution in [0.1, 0.15) is 17.4 Å². The zero-order valence-electron chi connectivity index (χ0n) is 11.3. The first-order valence-electron chi connectivity index (χ1n) is 6.00. The highest BCUT2D eigenvalue weighted by Gasteiger charge is 2.18. The molecule has 0 fully saturated rings. The van der Waals surface area contributed by atoms with E-state index in [1.54, 1.807) is 6.08 Å². The van der Waals surface area contributed by atoms with Gasteiger partial charge >= 0.3 is 6.16 Å². The van der Waals surface area contributed by atoms with E-state index in [0.29, 0.717) is 0 Å². The molecule has 0 saturated carbocycles. The van der Waals surface area contributed by atoms with E-state index >= 15 is 0 Å². The molecule has 1 atom stereocenters. The fourth-order valence-electron chi connectivity index (χ4n) is 2.18. The van der Waals surface area contributed by atoms with Gasteiger partial charge in [-0.05, 0) is 30.7 Å². The van der Waals surface area contributed by atoms with Gasteiger partial charge in [-0.2, -0.15) is 0 Å². The molecule has 4 nitrogen and oxygen atoms in total. The van der Waals surface area contributed by atoms with Crippen LogP contribution in [0.2, 0.25) is 0 Å². The Morgan fingerprint density at radius 3 is 2.79 bits per heavy atom. The summed E-state index contributed by atoms with van der Waals surface area (Å²) < 4.78 is 11.7. The molecule has 2 aromatic rings. The molecule has 1 heterocycles. The molecular formula is C15H17NO3. The Morgan fingerprint density at radius 2 is 2.21 bits per heavy atom. The highest BCUT2D eigenvalue weighted by Crippen LogP contribution is 2.28. The van der Waals surface area contributed by atoms with Crippen molar-refractivity contribution in [2.45, 2.75) is 13.0 Å². The van der Waals surface area contributed by atoms with Crippen LogP contribution < -0.4 is 0 Å². The number of nitrogens with zero attached hydrogens (tertiary/aromatic N) is 1. The minimum Gasteiger partial charge on any atom is -0.438 e. The summed E-state index contributed by atoms with van der Waals surface area (Å²) in [6.45, 7) is 5.76. The van der Waals surface area contributed by atoms with Crippen LogP contribution in [0.4, 0.5) is 4.79 Å². The van der Waals surface area contributed by atoms with Crippen LogP contribution in [0.3, 0.4) is 0 Å². The van der Waals surface area contributed by atoms with E-state index in [1.165, 1.54) is 12.7 Å². The summed E-state index contributed by atoms with van der Waals surface area (Å²) in [5.74, 6) is 0. The van der Waals surface area contributed by atoms with E-state index in [2.05, 4.69) is 24.3 Å². The third-order valence-corrected chi connectivity index (χ3v) is 3.24. The second kappa shape index (κ2) is 5.18. The zero-order chi connectivity index (χ0) is 14.0. The van der Waals surface area contributed by atoms with Crippen molar-refractivity contribution < 1.29 is 14.3 Å². The summed E-state index contributed by atoms with van der Waals surface area (Å²) in [5, 5.41) is 1.14. The molecule has 1 aromatic heterocycles. The number of aryl methyl sites for hydroxylation is 2. The number of hydrogen-bond acceptors (Lipinski definition) is 3. The smallest absolute Gasteiger partial charge is 0.438 e. The predicted octanol–water partition coefficient (Wildman–Crippen LogP) is 3.50. The van der Waals surface area contributed by atoms with E-state index < -0.39 is 12.3 Å². The zero-order valence-corrected chi connectivity index (χ0v) is 11.3. The maximum Gasteiger partial charge on any atom is 0.508 e. The fraction of sp³-hybridized carbons (Fsp3) is 0.267. The summed E-state index contributed by atoms with van der Waals surface area (Å²) in [4.78, 5) is 11.2. The number of hydrogen-bond donors (Lipinski definition) is 0. The van der Waals surface area contributed by atoms with E-state index in [1.807, 2.05) is 29.8 Å². The Morgan fingerprint density at radius 1 is 1.47 bits per heavy atom. The minimum absolute atomic E-state index is 0.524. The normalized spacial score (nSPS) is 12.2. The van der Waals surface area contributed by atoms with Gasteiger partial charge in [0.15, 0.2) is 6.10 Å². The van der Waals surface area contributed by atoms with Crippen LogP contribution in [0.25, 0.3) is 10.9 Å². The SMILES string of the molecule is C=CC(OC(=O)OC)c1cc2c(C)cccc2n1C. The predicted molar refractivity (Wildman–Crippen MR) is 74.1 cm³/mol. The van der Waals surface area contributed by atoms with Crippen molar-refractivity contribution in [1.82, 2.24) is 4.57 Å². The summed E-state index contributed by atoms with van der Waals surface area (Å²) in [6.07, 6.45) is 0.344. The Hall–Kier alpha value is -2.23. The molecule has 1 aromatic carbocycles. The standard InChI is InChI=1S/C15H17NO3/c1-5-14(19-15(17)18-4)13-9-11-10(2)7-6-8-12(11)16(13)3/h5-9,14H,1H2,2-4H3. The molecule has 0 N–H and O–H groups in total. The molecule has 0 aliphatic carbocycles. The van der Waals surface area contributed by atoms with Gasteiger partial charge in [0.1, 0.15) is 0 Å². The van der Waals surface area contributed by atoms with Crippen molar-refractivity contribution in [3.8, 4) is 0 Å². The Labute approximate surface area is 112 Å². The van der Waals surface area contributed by atoms with Crippen molar-refractivity contribution in [3.63, 3.8) is 0 Å². The quantitative estimate of drug-likeness (QED) is 0.625. The van der Waals surface area contributed by atoms with Crippen LogP contribution in [-0.4, -0.2) is 17.8 Å². The summed E-state index contributed by atoms with van der Waals surface area (Å²) >= 11 is 0. The largest absolute Gasteiger partial charge is 0.508 e. The van der Waals surface area contributed by atoms with E-state index in [4.69, 9.17) is 4.74 Å². The monoisotopic (exact) mass is 259 g/mol. The Kier molecular flexibility index (Phi) is 3.60. The molecule has 0 amide bonds. The van der Waals surface area contributed by atoms with Gasteiger partial charge in [-0.25, -0.2) is 4.79 Å². The van der Waals surface area contributed by atoms with Gasteiger partial charge in [-0.15, -0.1) is 0 Å². The lowest BCUT2D eigenvalue weighted by atomic mass is 10.1. The van der Waals surface area contributed by atoms with Crippen molar-refractivity contribution in [2.24, 2.45) is 7.05 Å². The van der Waals surface area contributed by atoms with Crippen LogP contribution in [0.15, 0.2) is 36.9 Å². The van der Waals surface area contributed by atoms with Crippen LogP contribution in [-0.2, 0) is 16.5 Å². The van der Waals surface area contributed by atoms with Crippen LogP contribution in [0, 0.1) is 6.92 Å². The minimum atomic E-state index is -0.716. The van der Waals surface area contributed by atoms with Crippen molar-refractivity contribution in [2.75, 3.05) is 7.11 Å². The molecule has 2 rings (SSSR count). The molecule has 4 heteroatoms. The number of ether oxygens (including phenoxy) is 2. The lowest BCUT2D eigenvalue weighted by Gasteiger charge is -2.14. The van der Waals surface area contributed by atoms with Crippen molar-refractivity contribution in [3.05, 3.63) is 48.2 Å². The summed E-state index contributed by atoms with van der Waals surface area (Å²) in [6, 6.07) is 8.10. The van der Waals surface area contributed by atoms with E-state index in [-0.39, 0.29) is 0 Å². The molecule has 100 valence electrons. The van der Waals surface area contributed by atoms with Gasteiger partial charge in [-0.1, -0.05) is 18.7 Å². The van der Waals surface area contributed by atoms with Gasteiger partial charge in [0.2, 0.25) is 0 Å². The number of carbonyl (C=O) groups is 1. The molecule has 19 heavy (non-hydrogen) atoms. The lowest BCUT2D eigenvalue weighted by molar-refractivity contribution is 0.0503. The molecule has 0 bridgehead atoms. The molecule has 0 saturated heterocycles. The van der Waals surface area contributed by atoms with E-state index in [9.17, 15) is 4.79 Å². The van der Waals surface area contributed by atoms with Gasteiger partial charge in [-0.3, -0.25) is 0 Å². The molecule has 0 aliphatic heterocycles. The van der Waals surface area contributed by atoms with Crippen LogP contribution in [0.5, 0.6) is 0 Å². The number of carbonyl (C=O) groups excluding carboxylic acids is 1. The lowest BCUT2D eigenvalue weighted by Crippen LogP contribution is -2.12.